The van der Waals surface area contributed by atoms with Gasteiger partial charge in [-0.15, -0.1) is 13.2 Å². The van der Waals surface area contributed by atoms with Gasteiger partial charge in [0.15, 0.2) is 5.78 Å². The number of aliphatic hydroxyl groups excluding tert-OH is 1. The summed E-state index contributed by atoms with van der Waals surface area (Å²) in [7, 11) is 0. The Bertz CT molecular complexity index is 814. The summed E-state index contributed by atoms with van der Waals surface area (Å²) in [5, 5.41) is 15.4. The molecule has 3 amide bonds. The molecule has 0 aromatic rings. The van der Waals surface area contributed by atoms with Gasteiger partial charge in [0.05, 0.1) is 6.04 Å². The Labute approximate surface area is 195 Å². The van der Waals surface area contributed by atoms with Crippen molar-refractivity contribution in [2.24, 2.45) is 17.3 Å². The van der Waals surface area contributed by atoms with Gasteiger partial charge in [-0.3, -0.25) is 23.9 Å². The molecule has 0 aromatic carbocycles. The number of alkyl halides is 3. The minimum atomic E-state index is -5.02. The van der Waals surface area contributed by atoms with Gasteiger partial charge in [0, 0.05) is 19.0 Å². The number of carbonyl (C=O) groups excluding carboxylic acids is 4. The SMILES string of the molecule is CC(C)C[C@@H](O)C(=O)N1CC2(CC2)C[C@H]1C(=O)N[C@@H](C[C@@H]1CCNC1=O)C(=O)COC(F)(F)F. The molecule has 0 bridgehead atoms. The van der Waals surface area contributed by atoms with Gasteiger partial charge in [0.25, 0.3) is 5.91 Å². The van der Waals surface area contributed by atoms with Gasteiger partial charge in [0.2, 0.25) is 11.8 Å². The first-order valence-electron chi connectivity index (χ1n) is 11.6. The largest absolute Gasteiger partial charge is 0.522 e. The van der Waals surface area contributed by atoms with Crippen molar-refractivity contribution in [1.82, 2.24) is 15.5 Å². The predicted octanol–water partition coefficient (Wildman–Crippen LogP) is 0.891. The van der Waals surface area contributed by atoms with Crippen molar-refractivity contribution in [3.63, 3.8) is 0 Å². The zero-order chi connectivity index (χ0) is 25.3. The second kappa shape index (κ2) is 10.2. The van der Waals surface area contributed by atoms with Crippen LogP contribution in [0.5, 0.6) is 0 Å². The molecule has 0 aromatic heterocycles. The van der Waals surface area contributed by atoms with Crippen LogP contribution in [0, 0.1) is 17.3 Å². The fourth-order valence-electron chi connectivity index (χ4n) is 4.75. The number of carbonyl (C=O) groups is 4. The molecule has 1 spiro atoms. The van der Waals surface area contributed by atoms with Crippen molar-refractivity contribution in [1.29, 1.82) is 0 Å². The molecular formula is C22H32F3N3O6. The van der Waals surface area contributed by atoms with Crippen molar-refractivity contribution in [3.05, 3.63) is 0 Å². The van der Waals surface area contributed by atoms with Crippen LogP contribution in [0.3, 0.4) is 0 Å². The highest BCUT2D eigenvalue weighted by Gasteiger charge is 2.56. The van der Waals surface area contributed by atoms with Gasteiger partial charge < -0.3 is 20.6 Å². The number of ketones is 1. The number of rotatable bonds is 10. The molecular weight excluding hydrogens is 459 g/mol. The van der Waals surface area contributed by atoms with E-state index in [0.29, 0.717) is 25.9 Å². The van der Waals surface area contributed by atoms with E-state index in [4.69, 9.17) is 0 Å². The second-order valence-electron chi connectivity index (χ2n) is 10.1. The number of halogens is 3. The summed E-state index contributed by atoms with van der Waals surface area (Å²) in [4.78, 5) is 51.9. The van der Waals surface area contributed by atoms with Gasteiger partial charge >= 0.3 is 6.36 Å². The quantitative estimate of drug-likeness (QED) is 0.417. The first kappa shape index (κ1) is 26.4. The molecule has 2 aliphatic heterocycles. The van der Waals surface area contributed by atoms with Crippen LogP contribution in [0.2, 0.25) is 0 Å². The molecule has 2 heterocycles. The van der Waals surface area contributed by atoms with E-state index in [0.717, 1.165) is 12.8 Å². The maximum Gasteiger partial charge on any atom is 0.522 e. The summed E-state index contributed by atoms with van der Waals surface area (Å²) >= 11 is 0. The summed E-state index contributed by atoms with van der Waals surface area (Å²) in [5.74, 6) is -3.19. The van der Waals surface area contributed by atoms with Crippen molar-refractivity contribution in [2.45, 2.75) is 76.9 Å². The van der Waals surface area contributed by atoms with Gasteiger partial charge in [-0.25, -0.2) is 0 Å². The minimum absolute atomic E-state index is 0.0527. The number of amides is 3. The number of hydrogen-bond acceptors (Lipinski definition) is 6. The van der Waals surface area contributed by atoms with Crippen molar-refractivity contribution < 1.29 is 42.2 Å². The van der Waals surface area contributed by atoms with Crippen LogP contribution in [0.1, 0.15) is 52.4 Å². The molecule has 3 rings (SSSR count). The molecule has 9 nitrogen and oxygen atoms in total. The number of ether oxygens (including phenoxy) is 1. The highest BCUT2D eigenvalue weighted by Crippen LogP contribution is 2.55. The number of nitrogens with one attached hydrogen (secondary N) is 2. The molecule has 3 N–H and O–H groups in total. The molecule has 3 aliphatic rings. The van der Waals surface area contributed by atoms with Gasteiger partial charge in [-0.05, 0) is 49.9 Å². The summed E-state index contributed by atoms with van der Waals surface area (Å²) in [6, 6.07) is -2.33. The minimum Gasteiger partial charge on any atom is -0.383 e. The van der Waals surface area contributed by atoms with E-state index in [1.165, 1.54) is 4.90 Å². The average molecular weight is 492 g/mol. The van der Waals surface area contributed by atoms with Crippen LogP contribution in [0.15, 0.2) is 0 Å². The zero-order valence-electron chi connectivity index (χ0n) is 19.3. The van der Waals surface area contributed by atoms with E-state index in [-0.39, 0.29) is 30.1 Å². The van der Waals surface area contributed by atoms with E-state index in [2.05, 4.69) is 15.4 Å². The van der Waals surface area contributed by atoms with E-state index >= 15 is 0 Å². The molecule has 0 unspecified atom stereocenters. The Kier molecular flexibility index (Phi) is 7.91. The first-order valence-corrected chi connectivity index (χ1v) is 11.6. The fourth-order valence-corrected chi connectivity index (χ4v) is 4.75. The van der Waals surface area contributed by atoms with E-state index in [1.807, 2.05) is 13.8 Å². The number of hydrogen-bond donors (Lipinski definition) is 3. The predicted molar refractivity (Wildman–Crippen MR) is 112 cm³/mol. The lowest BCUT2D eigenvalue weighted by Crippen LogP contribution is -2.53. The lowest BCUT2D eigenvalue weighted by Gasteiger charge is -2.28. The van der Waals surface area contributed by atoms with Crippen molar-refractivity contribution in [2.75, 3.05) is 19.7 Å². The van der Waals surface area contributed by atoms with Crippen LogP contribution in [0.25, 0.3) is 0 Å². The maximum atomic E-state index is 13.2. The van der Waals surface area contributed by atoms with Crippen LogP contribution in [-0.4, -0.2) is 77.8 Å². The van der Waals surface area contributed by atoms with Crippen LogP contribution >= 0.6 is 0 Å². The number of Topliss-reactive ketones (excluding diaryl/α,β-unsaturated/α-hetero) is 1. The lowest BCUT2D eigenvalue weighted by atomic mass is 9.95. The van der Waals surface area contributed by atoms with E-state index < -0.39 is 54.7 Å². The van der Waals surface area contributed by atoms with Gasteiger partial charge in [-0.2, -0.15) is 0 Å². The molecule has 192 valence electrons. The zero-order valence-corrected chi connectivity index (χ0v) is 19.3. The third kappa shape index (κ3) is 6.68. The second-order valence-corrected chi connectivity index (χ2v) is 10.1. The molecule has 2 saturated heterocycles. The summed E-state index contributed by atoms with van der Waals surface area (Å²) in [5.41, 5.74) is -0.209. The van der Waals surface area contributed by atoms with Crippen LogP contribution < -0.4 is 10.6 Å². The van der Waals surface area contributed by atoms with Crippen LogP contribution in [0.4, 0.5) is 13.2 Å². The van der Waals surface area contributed by atoms with Crippen molar-refractivity contribution in [3.8, 4) is 0 Å². The summed E-state index contributed by atoms with van der Waals surface area (Å²) < 4.78 is 41.0. The standard InChI is InChI=1S/C22H32F3N3O6/c1-12(2)7-16(29)20(33)28-11-21(4-5-21)9-15(28)19(32)27-14(8-13-3-6-26-18(13)31)17(30)10-34-22(23,24)25/h12-16,29H,3-11H2,1-2H3,(H,26,31)(H,27,32)/t13-,14-,15-,16+/m0/s1. The van der Waals surface area contributed by atoms with E-state index in [1.54, 1.807) is 0 Å². The first-order chi connectivity index (χ1) is 15.8. The molecule has 12 heteroatoms. The Hall–Kier alpha value is -2.21. The molecule has 4 atom stereocenters. The fraction of sp³-hybridized carbons (Fsp3) is 0.818. The van der Waals surface area contributed by atoms with Crippen molar-refractivity contribution >= 4 is 23.5 Å². The molecule has 3 fully saturated rings. The molecule has 1 saturated carbocycles. The maximum absolute atomic E-state index is 13.2. The Morgan fingerprint density at radius 3 is 2.50 bits per heavy atom. The third-order valence-corrected chi connectivity index (χ3v) is 6.80. The highest BCUT2D eigenvalue weighted by molar-refractivity contribution is 5.95. The topological polar surface area (TPSA) is 125 Å². The average Bonchev–Trinajstić information content (AvgIpc) is 3.19. The highest BCUT2D eigenvalue weighted by atomic mass is 19.4. The molecule has 34 heavy (non-hydrogen) atoms. The van der Waals surface area contributed by atoms with Gasteiger partial charge in [0.1, 0.15) is 18.8 Å². The normalized spacial score (nSPS) is 25.4. The number of likely N-dealkylation sites (tertiary alicyclic amines) is 1. The monoisotopic (exact) mass is 491 g/mol. The number of aliphatic hydroxyl groups is 1. The Balaban J connectivity index is 1.73. The van der Waals surface area contributed by atoms with Crippen LogP contribution in [-0.2, 0) is 23.9 Å². The summed E-state index contributed by atoms with van der Waals surface area (Å²) in [6.07, 6.45) is -3.85. The Morgan fingerprint density at radius 1 is 1.29 bits per heavy atom. The smallest absolute Gasteiger partial charge is 0.383 e. The summed E-state index contributed by atoms with van der Waals surface area (Å²) in [6.45, 7) is 3.09. The lowest BCUT2D eigenvalue weighted by molar-refractivity contribution is -0.321. The van der Waals surface area contributed by atoms with E-state index in [9.17, 15) is 37.5 Å². The number of nitrogens with zero attached hydrogens (tertiary/aromatic N) is 1. The van der Waals surface area contributed by atoms with Gasteiger partial charge in [-0.1, -0.05) is 13.8 Å². The Morgan fingerprint density at radius 2 is 1.97 bits per heavy atom. The molecule has 0 radical (unpaired) electrons. The molecule has 1 aliphatic carbocycles. The third-order valence-electron chi connectivity index (χ3n) is 6.80.